The number of aliphatic hydroxyl groups excluding tert-OH is 1. The highest BCUT2D eigenvalue weighted by Crippen LogP contribution is 2.30. The van der Waals surface area contributed by atoms with E-state index in [0.717, 1.165) is 16.5 Å². The molecule has 0 aliphatic rings. The van der Waals surface area contributed by atoms with Crippen molar-refractivity contribution < 1.29 is 5.11 Å². The lowest BCUT2D eigenvalue weighted by Crippen LogP contribution is -2.33. The smallest absolute Gasteiger partial charge is 0.101 e. The van der Waals surface area contributed by atoms with Gasteiger partial charge < -0.3 is 15.0 Å². The number of nitrogens with one attached hydrogen (secondary N) is 1. The molecule has 2 atom stereocenters. The van der Waals surface area contributed by atoms with Gasteiger partial charge in [-0.1, -0.05) is 48.5 Å². The Labute approximate surface area is 135 Å². The van der Waals surface area contributed by atoms with E-state index in [4.69, 9.17) is 0 Å². The van der Waals surface area contributed by atoms with Crippen LogP contribution in [0.5, 0.6) is 0 Å². The second-order valence-corrected chi connectivity index (χ2v) is 5.56. The van der Waals surface area contributed by atoms with Crippen LogP contribution in [0.25, 0.3) is 10.9 Å². The summed E-state index contributed by atoms with van der Waals surface area (Å²) >= 11 is 0. The Bertz CT molecular complexity index is 833. The number of fused-ring (bicyclic) bond motifs is 1. The molecule has 0 saturated heterocycles. The molecule has 2 unspecified atom stereocenters. The molecule has 2 N–H and O–H groups in total. The average molecular weight is 305 g/mol. The fraction of sp³-hybridized carbons (Fsp3) is 0.211. The molecule has 23 heavy (non-hydrogen) atoms. The van der Waals surface area contributed by atoms with Gasteiger partial charge in [-0.25, -0.2) is 0 Å². The molecule has 0 bridgehead atoms. The van der Waals surface area contributed by atoms with E-state index in [1.54, 1.807) is 0 Å². The second kappa shape index (κ2) is 6.66. The Morgan fingerprint density at radius 2 is 1.83 bits per heavy atom. The summed E-state index contributed by atoms with van der Waals surface area (Å²) in [5.74, 6) is 0. The number of likely N-dealkylation sites (N-methyl/N-ethyl adjacent to an activating group) is 1. The molecule has 0 radical (unpaired) electrons. The van der Waals surface area contributed by atoms with Gasteiger partial charge in [0, 0.05) is 18.1 Å². The van der Waals surface area contributed by atoms with E-state index in [1.165, 1.54) is 0 Å². The fourth-order valence-electron chi connectivity index (χ4n) is 3.06. The van der Waals surface area contributed by atoms with Gasteiger partial charge in [0.1, 0.15) is 6.07 Å². The SMILES string of the molecule is CNCC(O)C(c1ccccc1)n1cc(C#N)c2ccccc21. The molecule has 0 spiro atoms. The zero-order valence-corrected chi connectivity index (χ0v) is 13.0. The van der Waals surface area contributed by atoms with Gasteiger partial charge in [-0.3, -0.25) is 0 Å². The van der Waals surface area contributed by atoms with Gasteiger partial charge >= 0.3 is 0 Å². The first-order chi connectivity index (χ1) is 11.3. The summed E-state index contributed by atoms with van der Waals surface area (Å²) in [6, 6.07) is 19.7. The van der Waals surface area contributed by atoms with E-state index in [2.05, 4.69) is 11.4 Å². The number of aliphatic hydroxyl groups is 1. The number of aromatic nitrogens is 1. The topological polar surface area (TPSA) is 61.0 Å². The predicted molar refractivity (Wildman–Crippen MR) is 91.2 cm³/mol. The summed E-state index contributed by atoms with van der Waals surface area (Å²) in [7, 11) is 1.82. The lowest BCUT2D eigenvalue weighted by molar-refractivity contribution is 0.132. The van der Waals surface area contributed by atoms with Crippen molar-refractivity contribution in [2.45, 2.75) is 12.1 Å². The second-order valence-electron chi connectivity index (χ2n) is 5.56. The van der Waals surface area contributed by atoms with E-state index < -0.39 is 6.10 Å². The van der Waals surface area contributed by atoms with Gasteiger partial charge in [0.05, 0.1) is 23.2 Å². The number of benzene rings is 2. The third-order valence-corrected chi connectivity index (χ3v) is 4.08. The quantitative estimate of drug-likeness (QED) is 0.762. The number of nitrogens with zero attached hydrogens (tertiary/aromatic N) is 2. The normalized spacial score (nSPS) is 13.6. The number of hydrogen-bond acceptors (Lipinski definition) is 3. The first-order valence-corrected chi connectivity index (χ1v) is 7.63. The summed E-state index contributed by atoms with van der Waals surface area (Å²) in [6.07, 6.45) is 1.23. The molecule has 0 saturated carbocycles. The molecular weight excluding hydrogens is 286 g/mol. The van der Waals surface area contributed by atoms with Crippen molar-refractivity contribution in [2.75, 3.05) is 13.6 Å². The van der Waals surface area contributed by atoms with Crippen LogP contribution in [0.2, 0.25) is 0 Å². The van der Waals surface area contributed by atoms with Crippen LogP contribution in [-0.4, -0.2) is 29.4 Å². The molecule has 0 aliphatic carbocycles. The van der Waals surface area contributed by atoms with E-state index in [9.17, 15) is 10.4 Å². The molecule has 2 aromatic carbocycles. The van der Waals surface area contributed by atoms with E-state index in [-0.39, 0.29) is 6.04 Å². The highest BCUT2D eigenvalue weighted by molar-refractivity contribution is 5.86. The van der Waals surface area contributed by atoms with Gasteiger partial charge in [-0.05, 0) is 18.7 Å². The van der Waals surface area contributed by atoms with E-state index >= 15 is 0 Å². The van der Waals surface area contributed by atoms with Crippen LogP contribution in [0, 0.1) is 11.3 Å². The number of rotatable bonds is 5. The summed E-state index contributed by atoms with van der Waals surface area (Å²) in [5.41, 5.74) is 2.59. The minimum Gasteiger partial charge on any atom is -0.389 e. The number of hydrogen-bond donors (Lipinski definition) is 2. The van der Waals surface area contributed by atoms with Gasteiger partial charge in [-0.2, -0.15) is 5.26 Å². The van der Waals surface area contributed by atoms with Gasteiger partial charge in [0.15, 0.2) is 0 Å². The van der Waals surface area contributed by atoms with Crippen molar-refractivity contribution in [3.63, 3.8) is 0 Å². The molecule has 1 heterocycles. The maximum Gasteiger partial charge on any atom is 0.101 e. The Hall–Kier alpha value is -2.61. The monoisotopic (exact) mass is 305 g/mol. The van der Waals surface area contributed by atoms with Crippen molar-refractivity contribution in [1.29, 1.82) is 5.26 Å². The maximum absolute atomic E-state index is 10.7. The first kappa shape index (κ1) is 15.3. The molecule has 3 aromatic rings. The predicted octanol–water partition coefficient (Wildman–Crippen LogP) is 2.68. The standard InChI is InChI=1S/C19H19N3O/c1-21-12-18(23)19(14-7-3-2-4-8-14)22-13-15(11-20)16-9-5-6-10-17(16)22/h2-10,13,18-19,21,23H,12H2,1H3. The van der Waals surface area contributed by atoms with Gasteiger partial charge in [0.25, 0.3) is 0 Å². The third kappa shape index (κ3) is 2.85. The highest BCUT2D eigenvalue weighted by atomic mass is 16.3. The van der Waals surface area contributed by atoms with Crippen molar-refractivity contribution in [1.82, 2.24) is 9.88 Å². The van der Waals surface area contributed by atoms with Crippen LogP contribution >= 0.6 is 0 Å². The molecular formula is C19H19N3O. The number of para-hydroxylation sites is 1. The molecule has 1 aromatic heterocycles. The lowest BCUT2D eigenvalue weighted by atomic mass is 10.0. The van der Waals surface area contributed by atoms with Crippen molar-refractivity contribution in [3.05, 3.63) is 71.9 Å². The fourth-order valence-corrected chi connectivity index (χ4v) is 3.06. The van der Waals surface area contributed by atoms with Gasteiger partial charge in [-0.15, -0.1) is 0 Å². The van der Waals surface area contributed by atoms with Crippen LogP contribution in [0.15, 0.2) is 60.8 Å². The summed E-state index contributed by atoms with van der Waals surface area (Å²) in [5, 5.41) is 24.0. The minimum absolute atomic E-state index is 0.254. The van der Waals surface area contributed by atoms with E-state index in [0.29, 0.717) is 12.1 Å². The zero-order valence-electron chi connectivity index (χ0n) is 13.0. The number of nitriles is 1. The van der Waals surface area contributed by atoms with Crippen molar-refractivity contribution in [3.8, 4) is 6.07 Å². The molecule has 4 nitrogen and oxygen atoms in total. The molecule has 3 rings (SSSR count). The third-order valence-electron chi connectivity index (χ3n) is 4.08. The maximum atomic E-state index is 10.7. The average Bonchev–Trinajstić information content (AvgIpc) is 2.95. The Kier molecular flexibility index (Phi) is 4.42. The largest absolute Gasteiger partial charge is 0.389 e. The molecule has 0 fully saturated rings. The zero-order chi connectivity index (χ0) is 16.2. The van der Waals surface area contributed by atoms with Gasteiger partial charge in [0.2, 0.25) is 0 Å². The summed E-state index contributed by atoms with van der Waals surface area (Å²) < 4.78 is 2.01. The molecule has 4 heteroatoms. The first-order valence-electron chi connectivity index (χ1n) is 7.63. The van der Waals surface area contributed by atoms with Crippen LogP contribution < -0.4 is 5.32 Å². The van der Waals surface area contributed by atoms with Crippen molar-refractivity contribution >= 4 is 10.9 Å². The van der Waals surface area contributed by atoms with E-state index in [1.807, 2.05) is 72.4 Å². The Balaban J connectivity index is 2.20. The van der Waals surface area contributed by atoms with Crippen LogP contribution in [-0.2, 0) is 0 Å². The summed E-state index contributed by atoms with van der Waals surface area (Å²) in [4.78, 5) is 0. The highest BCUT2D eigenvalue weighted by Gasteiger charge is 2.24. The molecule has 116 valence electrons. The molecule has 0 aliphatic heterocycles. The Morgan fingerprint density at radius 3 is 2.52 bits per heavy atom. The van der Waals surface area contributed by atoms with Crippen LogP contribution in [0.1, 0.15) is 17.2 Å². The lowest BCUT2D eigenvalue weighted by Gasteiger charge is -2.26. The Morgan fingerprint density at radius 1 is 1.13 bits per heavy atom. The molecule has 0 amide bonds. The minimum atomic E-state index is -0.607. The van der Waals surface area contributed by atoms with Crippen LogP contribution in [0.4, 0.5) is 0 Å². The van der Waals surface area contributed by atoms with Crippen LogP contribution in [0.3, 0.4) is 0 Å². The summed E-state index contributed by atoms with van der Waals surface area (Å²) in [6.45, 7) is 0.466. The van der Waals surface area contributed by atoms with Crippen molar-refractivity contribution in [2.24, 2.45) is 0 Å².